The number of hydrogen-bond acceptors (Lipinski definition) is 4. The van der Waals surface area contributed by atoms with Crippen LogP contribution in [0, 0.1) is 5.82 Å². The standard InChI is InChI=1S/C26H20FN3O3/c1-2-33-26(32)18-10-14-20(15-11-18)30-24(17-8-12-19(27)13-9-17)21-22(16-6-4-3-5-7-16)28-29-23(21)25(30)31/h3-15,24H,2H2,1H3,(H,28,29). The highest BCUT2D eigenvalue weighted by molar-refractivity contribution is 6.11. The highest BCUT2D eigenvalue weighted by atomic mass is 19.1. The molecule has 33 heavy (non-hydrogen) atoms. The molecule has 1 N–H and O–H groups in total. The molecule has 0 saturated carbocycles. The van der Waals surface area contributed by atoms with Crippen LogP contribution >= 0.6 is 0 Å². The number of H-pyrrole nitrogens is 1. The predicted octanol–water partition coefficient (Wildman–Crippen LogP) is 5.14. The van der Waals surface area contributed by atoms with Gasteiger partial charge in [0.1, 0.15) is 11.5 Å². The first-order chi connectivity index (χ1) is 16.1. The van der Waals surface area contributed by atoms with E-state index in [0.29, 0.717) is 22.6 Å². The zero-order valence-corrected chi connectivity index (χ0v) is 17.8. The zero-order valence-electron chi connectivity index (χ0n) is 17.8. The van der Waals surface area contributed by atoms with Crippen molar-refractivity contribution in [2.45, 2.75) is 13.0 Å². The van der Waals surface area contributed by atoms with Gasteiger partial charge in [0.2, 0.25) is 0 Å². The predicted molar refractivity (Wildman–Crippen MR) is 121 cm³/mol. The lowest BCUT2D eigenvalue weighted by Crippen LogP contribution is -2.29. The molecule has 2 heterocycles. The Kier molecular flexibility index (Phi) is 5.22. The lowest BCUT2D eigenvalue weighted by Gasteiger charge is -2.26. The second-order valence-electron chi connectivity index (χ2n) is 7.62. The maximum Gasteiger partial charge on any atom is 0.338 e. The number of nitrogens with one attached hydrogen (secondary N) is 1. The highest BCUT2D eigenvalue weighted by Gasteiger charge is 2.43. The number of amides is 1. The summed E-state index contributed by atoms with van der Waals surface area (Å²) in [6.07, 6.45) is 0. The minimum absolute atomic E-state index is 0.252. The van der Waals surface area contributed by atoms with Crippen molar-refractivity contribution in [3.05, 3.63) is 107 Å². The Hall–Kier alpha value is -4.26. The summed E-state index contributed by atoms with van der Waals surface area (Å²) < 4.78 is 18.7. The molecule has 1 unspecified atom stereocenters. The minimum atomic E-state index is -0.518. The fraction of sp³-hybridized carbons (Fsp3) is 0.115. The van der Waals surface area contributed by atoms with Gasteiger partial charge >= 0.3 is 5.97 Å². The molecule has 3 aromatic carbocycles. The lowest BCUT2D eigenvalue weighted by atomic mass is 9.96. The van der Waals surface area contributed by atoms with E-state index in [1.54, 1.807) is 48.2 Å². The summed E-state index contributed by atoms with van der Waals surface area (Å²) in [5, 5.41) is 7.33. The van der Waals surface area contributed by atoms with Gasteiger partial charge in [-0.1, -0.05) is 42.5 Å². The molecular formula is C26H20FN3O3. The quantitative estimate of drug-likeness (QED) is 0.435. The van der Waals surface area contributed by atoms with E-state index in [9.17, 15) is 14.0 Å². The first-order valence-corrected chi connectivity index (χ1v) is 10.6. The van der Waals surface area contributed by atoms with Gasteiger partial charge in [-0.25, -0.2) is 9.18 Å². The van der Waals surface area contributed by atoms with Crippen LogP contribution in [0.2, 0.25) is 0 Å². The maximum atomic E-state index is 13.7. The van der Waals surface area contributed by atoms with Crippen molar-refractivity contribution in [3.8, 4) is 11.3 Å². The van der Waals surface area contributed by atoms with Crippen molar-refractivity contribution in [1.82, 2.24) is 10.2 Å². The Morgan fingerprint density at radius 1 is 1.03 bits per heavy atom. The van der Waals surface area contributed by atoms with Crippen LogP contribution in [0.1, 0.15) is 44.9 Å². The molecule has 0 fully saturated rings. The molecule has 0 spiro atoms. The van der Waals surface area contributed by atoms with E-state index in [-0.39, 0.29) is 18.3 Å². The van der Waals surface area contributed by atoms with Gasteiger partial charge in [-0.3, -0.25) is 14.8 Å². The van der Waals surface area contributed by atoms with Crippen LogP contribution in [0.5, 0.6) is 0 Å². The Morgan fingerprint density at radius 2 is 1.73 bits per heavy atom. The van der Waals surface area contributed by atoms with Crippen LogP contribution in [0.25, 0.3) is 11.3 Å². The average molecular weight is 441 g/mol. The van der Waals surface area contributed by atoms with Crippen molar-refractivity contribution in [2.24, 2.45) is 0 Å². The SMILES string of the molecule is CCOC(=O)c1ccc(N2C(=O)c3[nH]nc(-c4ccccc4)c3C2c2ccc(F)cc2)cc1. The number of fused-ring (bicyclic) bond motifs is 1. The summed E-state index contributed by atoms with van der Waals surface area (Å²) in [5.74, 6) is -1.03. The summed E-state index contributed by atoms with van der Waals surface area (Å²) in [5.41, 5.74) is 4.40. The Labute approximate surface area is 189 Å². The van der Waals surface area contributed by atoms with Crippen molar-refractivity contribution >= 4 is 17.6 Å². The molecule has 4 aromatic rings. The van der Waals surface area contributed by atoms with Crippen LogP contribution in [-0.4, -0.2) is 28.7 Å². The molecule has 0 aliphatic carbocycles. The summed E-state index contributed by atoms with van der Waals surface area (Å²) in [6, 6.07) is 21.8. The molecular weight excluding hydrogens is 421 g/mol. The number of benzene rings is 3. The van der Waals surface area contributed by atoms with Crippen molar-refractivity contribution in [2.75, 3.05) is 11.5 Å². The highest BCUT2D eigenvalue weighted by Crippen LogP contribution is 2.45. The van der Waals surface area contributed by atoms with Gasteiger partial charge in [-0.05, 0) is 48.9 Å². The second-order valence-corrected chi connectivity index (χ2v) is 7.62. The van der Waals surface area contributed by atoms with Crippen LogP contribution in [-0.2, 0) is 4.74 Å². The van der Waals surface area contributed by atoms with E-state index in [4.69, 9.17) is 4.74 Å². The summed E-state index contributed by atoms with van der Waals surface area (Å²) in [6.45, 7) is 2.02. The number of anilines is 1. The molecule has 1 aliphatic rings. The molecule has 1 aliphatic heterocycles. The molecule has 7 heteroatoms. The van der Waals surface area contributed by atoms with E-state index in [2.05, 4.69) is 10.2 Å². The number of aromatic amines is 1. The second kappa shape index (κ2) is 8.35. The molecule has 0 radical (unpaired) electrons. The van der Waals surface area contributed by atoms with Crippen molar-refractivity contribution in [3.63, 3.8) is 0 Å². The largest absolute Gasteiger partial charge is 0.462 e. The molecule has 0 bridgehead atoms. The maximum absolute atomic E-state index is 13.7. The van der Waals surface area contributed by atoms with Crippen LogP contribution in [0.15, 0.2) is 78.9 Å². The van der Waals surface area contributed by atoms with Crippen LogP contribution < -0.4 is 4.90 Å². The molecule has 5 rings (SSSR count). The third-order valence-electron chi connectivity index (χ3n) is 5.66. The summed E-state index contributed by atoms with van der Waals surface area (Å²) >= 11 is 0. The number of aromatic nitrogens is 2. The fourth-order valence-corrected chi connectivity index (χ4v) is 4.16. The van der Waals surface area contributed by atoms with Gasteiger partial charge in [-0.2, -0.15) is 5.10 Å². The fourth-order valence-electron chi connectivity index (χ4n) is 4.16. The lowest BCUT2D eigenvalue weighted by molar-refractivity contribution is 0.0526. The molecule has 1 atom stereocenters. The summed E-state index contributed by atoms with van der Waals surface area (Å²) in [4.78, 5) is 27.2. The smallest absolute Gasteiger partial charge is 0.338 e. The van der Waals surface area contributed by atoms with Crippen molar-refractivity contribution < 1.29 is 18.7 Å². The monoisotopic (exact) mass is 441 g/mol. The molecule has 0 saturated heterocycles. The number of carbonyl (C=O) groups excluding carboxylic acids is 2. The molecule has 1 amide bonds. The zero-order chi connectivity index (χ0) is 22.9. The van der Waals surface area contributed by atoms with Crippen LogP contribution in [0.3, 0.4) is 0 Å². The van der Waals surface area contributed by atoms with Gasteiger partial charge in [-0.15, -0.1) is 0 Å². The van der Waals surface area contributed by atoms with E-state index in [0.717, 1.165) is 16.7 Å². The minimum Gasteiger partial charge on any atom is -0.462 e. The summed E-state index contributed by atoms with van der Waals surface area (Å²) in [7, 11) is 0. The van der Waals surface area contributed by atoms with Gasteiger partial charge in [0.25, 0.3) is 5.91 Å². The van der Waals surface area contributed by atoms with E-state index < -0.39 is 12.0 Å². The van der Waals surface area contributed by atoms with Crippen LogP contribution in [0.4, 0.5) is 10.1 Å². The third-order valence-corrected chi connectivity index (χ3v) is 5.66. The first-order valence-electron chi connectivity index (χ1n) is 10.6. The average Bonchev–Trinajstić information content (AvgIpc) is 3.39. The molecule has 164 valence electrons. The number of ether oxygens (including phenoxy) is 1. The third kappa shape index (κ3) is 3.57. The normalized spacial score (nSPS) is 14.9. The number of halogens is 1. The number of nitrogens with zero attached hydrogens (tertiary/aromatic N) is 2. The van der Waals surface area contributed by atoms with Gasteiger partial charge in [0, 0.05) is 16.8 Å². The number of esters is 1. The van der Waals surface area contributed by atoms with E-state index >= 15 is 0 Å². The Morgan fingerprint density at radius 3 is 2.39 bits per heavy atom. The molecule has 1 aromatic heterocycles. The topological polar surface area (TPSA) is 75.3 Å². The van der Waals surface area contributed by atoms with E-state index in [1.807, 2.05) is 30.3 Å². The van der Waals surface area contributed by atoms with Gasteiger partial charge in [0.15, 0.2) is 0 Å². The van der Waals surface area contributed by atoms with E-state index in [1.165, 1.54) is 12.1 Å². The number of hydrogen-bond donors (Lipinski definition) is 1. The Balaban J connectivity index is 1.63. The number of rotatable bonds is 5. The van der Waals surface area contributed by atoms with Gasteiger partial charge in [0.05, 0.1) is 23.9 Å². The molecule has 6 nitrogen and oxygen atoms in total. The Bertz CT molecular complexity index is 1320. The first kappa shape index (κ1) is 20.6. The number of carbonyl (C=O) groups is 2. The van der Waals surface area contributed by atoms with Crippen molar-refractivity contribution in [1.29, 1.82) is 0 Å². The van der Waals surface area contributed by atoms with Gasteiger partial charge < -0.3 is 4.74 Å².